The van der Waals surface area contributed by atoms with E-state index in [-0.39, 0.29) is 0 Å². The summed E-state index contributed by atoms with van der Waals surface area (Å²) in [6, 6.07) is 4.56. The van der Waals surface area contributed by atoms with Gasteiger partial charge in [0.05, 0.1) is 6.10 Å². The molecule has 1 aliphatic heterocycles. The SMILES string of the molecule is CNC(C)c1ccnc(N(C)CC2CCCO2)c1. The van der Waals surface area contributed by atoms with Crippen LogP contribution in [0.1, 0.15) is 31.4 Å². The molecule has 4 heteroatoms. The van der Waals surface area contributed by atoms with Gasteiger partial charge < -0.3 is 15.0 Å². The molecule has 1 aliphatic rings. The standard InChI is InChI=1S/C14H23N3O/c1-11(15-2)12-6-7-16-14(9-12)17(3)10-13-5-4-8-18-13/h6-7,9,11,13,15H,4-5,8,10H2,1-3H3. The van der Waals surface area contributed by atoms with E-state index in [1.54, 1.807) is 0 Å². The van der Waals surface area contributed by atoms with E-state index in [0.717, 1.165) is 25.4 Å². The number of nitrogens with one attached hydrogen (secondary N) is 1. The lowest BCUT2D eigenvalue weighted by Crippen LogP contribution is -2.29. The van der Waals surface area contributed by atoms with Crippen molar-refractivity contribution in [1.29, 1.82) is 0 Å². The van der Waals surface area contributed by atoms with Crippen LogP contribution in [-0.4, -0.2) is 38.3 Å². The fourth-order valence-electron chi connectivity index (χ4n) is 2.27. The van der Waals surface area contributed by atoms with Crippen LogP contribution in [0, 0.1) is 0 Å². The number of ether oxygens (including phenoxy) is 1. The second kappa shape index (κ2) is 6.16. The van der Waals surface area contributed by atoms with E-state index in [1.165, 1.54) is 12.0 Å². The summed E-state index contributed by atoms with van der Waals surface area (Å²) in [5.41, 5.74) is 1.27. The van der Waals surface area contributed by atoms with Crippen molar-refractivity contribution in [2.45, 2.75) is 31.9 Å². The fraction of sp³-hybridized carbons (Fsp3) is 0.643. The maximum absolute atomic E-state index is 5.66. The van der Waals surface area contributed by atoms with Gasteiger partial charge in [0, 0.05) is 32.4 Å². The summed E-state index contributed by atoms with van der Waals surface area (Å²) < 4.78 is 5.66. The molecule has 100 valence electrons. The summed E-state index contributed by atoms with van der Waals surface area (Å²) in [6.45, 7) is 3.98. The normalized spacial score (nSPS) is 20.9. The molecule has 0 spiro atoms. The van der Waals surface area contributed by atoms with Gasteiger partial charge in [-0.25, -0.2) is 4.98 Å². The minimum absolute atomic E-state index is 0.350. The first kappa shape index (κ1) is 13.3. The number of anilines is 1. The van der Waals surface area contributed by atoms with Crippen LogP contribution in [0.5, 0.6) is 0 Å². The molecule has 1 aromatic heterocycles. The zero-order chi connectivity index (χ0) is 13.0. The average Bonchev–Trinajstić information content (AvgIpc) is 2.90. The Morgan fingerprint density at radius 2 is 2.44 bits per heavy atom. The Morgan fingerprint density at radius 3 is 3.11 bits per heavy atom. The largest absolute Gasteiger partial charge is 0.376 e. The van der Waals surface area contributed by atoms with Crippen LogP contribution < -0.4 is 10.2 Å². The van der Waals surface area contributed by atoms with Gasteiger partial charge in [-0.2, -0.15) is 0 Å². The molecule has 1 fully saturated rings. The van der Waals surface area contributed by atoms with Crippen LogP contribution in [0.4, 0.5) is 5.82 Å². The number of nitrogens with zero attached hydrogens (tertiary/aromatic N) is 2. The molecular formula is C14H23N3O. The molecule has 2 atom stereocenters. The summed E-state index contributed by atoms with van der Waals surface area (Å²) in [6.07, 6.45) is 4.59. The number of hydrogen-bond donors (Lipinski definition) is 1. The van der Waals surface area contributed by atoms with Gasteiger partial charge in [-0.3, -0.25) is 0 Å². The second-order valence-electron chi connectivity index (χ2n) is 4.97. The summed E-state index contributed by atoms with van der Waals surface area (Å²) >= 11 is 0. The van der Waals surface area contributed by atoms with Gasteiger partial charge in [-0.1, -0.05) is 0 Å². The Bertz CT molecular complexity index is 377. The van der Waals surface area contributed by atoms with Crippen molar-refractivity contribution in [1.82, 2.24) is 10.3 Å². The zero-order valence-corrected chi connectivity index (χ0v) is 11.5. The van der Waals surface area contributed by atoms with Crippen LogP contribution in [0.15, 0.2) is 18.3 Å². The van der Waals surface area contributed by atoms with Gasteiger partial charge >= 0.3 is 0 Å². The van der Waals surface area contributed by atoms with Gasteiger partial charge in [0.2, 0.25) is 0 Å². The highest BCUT2D eigenvalue weighted by Gasteiger charge is 2.18. The van der Waals surface area contributed by atoms with Crippen molar-refractivity contribution in [3.8, 4) is 0 Å². The molecule has 0 bridgehead atoms. The van der Waals surface area contributed by atoms with Crippen LogP contribution in [0.3, 0.4) is 0 Å². The lowest BCUT2D eigenvalue weighted by atomic mass is 10.1. The Labute approximate surface area is 109 Å². The maximum Gasteiger partial charge on any atom is 0.128 e. The summed E-state index contributed by atoms with van der Waals surface area (Å²) in [5, 5.41) is 3.25. The predicted molar refractivity (Wildman–Crippen MR) is 74.0 cm³/mol. The highest BCUT2D eigenvalue weighted by atomic mass is 16.5. The van der Waals surface area contributed by atoms with Gasteiger partial charge in [-0.05, 0) is 44.5 Å². The smallest absolute Gasteiger partial charge is 0.128 e. The first-order valence-electron chi connectivity index (χ1n) is 6.66. The molecule has 0 amide bonds. The molecule has 0 saturated carbocycles. The summed E-state index contributed by atoms with van der Waals surface area (Å²) in [5.74, 6) is 1.02. The second-order valence-corrected chi connectivity index (χ2v) is 4.97. The Kier molecular flexibility index (Phi) is 4.55. The third-order valence-corrected chi connectivity index (χ3v) is 3.60. The van der Waals surface area contributed by atoms with Crippen molar-refractivity contribution in [2.75, 3.05) is 32.1 Å². The summed E-state index contributed by atoms with van der Waals surface area (Å²) in [4.78, 5) is 6.62. The molecule has 1 N–H and O–H groups in total. The third-order valence-electron chi connectivity index (χ3n) is 3.60. The summed E-state index contributed by atoms with van der Waals surface area (Å²) in [7, 11) is 4.05. The molecule has 0 aliphatic carbocycles. The monoisotopic (exact) mass is 249 g/mol. The zero-order valence-electron chi connectivity index (χ0n) is 11.5. The minimum atomic E-state index is 0.350. The topological polar surface area (TPSA) is 37.4 Å². The van der Waals surface area contributed by atoms with Crippen molar-refractivity contribution in [3.63, 3.8) is 0 Å². The van der Waals surface area contributed by atoms with Crippen molar-refractivity contribution < 1.29 is 4.74 Å². The van der Waals surface area contributed by atoms with Gasteiger partial charge in [0.25, 0.3) is 0 Å². The Morgan fingerprint density at radius 1 is 1.61 bits per heavy atom. The van der Waals surface area contributed by atoms with E-state index in [2.05, 4.69) is 41.3 Å². The number of likely N-dealkylation sites (N-methyl/N-ethyl adjacent to an activating group) is 1. The molecule has 2 rings (SSSR count). The first-order valence-corrected chi connectivity index (χ1v) is 6.66. The van der Waals surface area contributed by atoms with E-state index in [4.69, 9.17) is 4.74 Å². The molecule has 18 heavy (non-hydrogen) atoms. The predicted octanol–water partition coefficient (Wildman–Crippen LogP) is 1.98. The van der Waals surface area contributed by atoms with E-state index in [9.17, 15) is 0 Å². The Hall–Kier alpha value is -1.13. The lowest BCUT2D eigenvalue weighted by Gasteiger charge is -2.22. The highest BCUT2D eigenvalue weighted by Crippen LogP contribution is 2.19. The average molecular weight is 249 g/mol. The van der Waals surface area contributed by atoms with Crippen LogP contribution in [0.2, 0.25) is 0 Å². The van der Waals surface area contributed by atoms with E-state index in [0.29, 0.717) is 12.1 Å². The van der Waals surface area contributed by atoms with Crippen LogP contribution in [-0.2, 0) is 4.74 Å². The van der Waals surface area contributed by atoms with Crippen molar-refractivity contribution in [3.05, 3.63) is 23.9 Å². The molecule has 2 heterocycles. The van der Waals surface area contributed by atoms with Gasteiger partial charge in [0.1, 0.15) is 5.82 Å². The molecule has 2 unspecified atom stereocenters. The molecule has 0 radical (unpaired) electrons. The fourth-order valence-corrected chi connectivity index (χ4v) is 2.27. The molecule has 1 saturated heterocycles. The van der Waals surface area contributed by atoms with Crippen LogP contribution in [0.25, 0.3) is 0 Å². The quantitative estimate of drug-likeness (QED) is 0.866. The molecule has 0 aromatic carbocycles. The Balaban J connectivity index is 2.02. The third kappa shape index (κ3) is 3.21. The van der Waals surface area contributed by atoms with Gasteiger partial charge in [0.15, 0.2) is 0 Å². The molecule has 4 nitrogen and oxygen atoms in total. The van der Waals surface area contributed by atoms with Gasteiger partial charge in [-0.15, -0.1) is 0 Å². The minimum Gasteiger partial charge on any atom is -0.376 e. The van der Waals surface area contributed by atoms with E-state index < -0.39 is 0 Å². The number of aromatic nitrogens is 1. The van der Waals surface area contributed by atoms with E-state index >= 15 is 0 Å². The maximum atomic E-state index is 5.66. The van der Waals surface area contributed by atoms with Crippen molar-refractivity contribution in [2.24, 2.45) is 0 Å². The highest BCUT2D eigenvalue weighted by molar-refractivity contribution is 5.41. The number of pyridine rings is 1. The van der Waals surface area contributed by atoms with E-state index in [1.807, 2.05) is 13.2 Å². The van der Waals surface area contributed by atoms with Crippen LogP contribution >= 0.6 is 0 Å². The first-order chi connectivity index (χ1) is 8.70. The number of rotatable bonds is 5. The molecule has 1 aromatic rings. The molecular weight excluding hydrogens is 226 g/mol. The number of hydrogen-bond acceptors (Lipinski definition) is 4. The lowest BCUT2D eigenvalue weighted by molar-refractivity contribution is 0.116. The van der Waals surface area contributed by atoms with Crippen molar-refractivity contribution >= 4 is 5.82 Å².